The maximum Gasteiger partial charge on any atom is 0.341 e. The number of carboxylic acid groups (broad SMARTS) is 1. The molecule has 1 aromatic rings. The van der Waals surface area contributed by atoms with Crippen LogP contribution in [0.3, 0.4) is 0 Å². The quantitative estimate of drug-likeness (QED) is 0.825. The van der Waals surface area contributed by atoms with Gasteiger partial charge in [-0.1, -0.05) is 13.8 Å². The Kier molecular flexibility index (Phi) is 5.52. The van der Waals surface area contributed by atoms with E-state index in [0.29, 0.717) is 24.4 Å². The summed E-state index contributed by atoms with van der Waals surface area (Å²) < 4.78 is 31.1. The van der Waals surface area contributed by atoms with Crippen LogP contribution in [0.2, 0.25) is 0 Å². The molecule has 6 nitrogen and oxygen atoms in total. The molecule has 0 aliphatic heterocycles. The number of aryl methyl sites for hydroxylation is 1. The monoisotopic (exact) mass is 301 g/mol. The van der Waals surface area contributed by atoms with Crippen molar-refractivity contribution in [2.24, 2.45) is 0 Å². The summed E-state index contributed by atoms with van der Waals surface area (Å²) in [4.78, 5) is 10.6. The first-order valence-electron chi connectivity index (χ1n) is 6.28. The zero-order valence-electron chi connectivity index (χ0n) is 11.8. The molecule has 0 atom stereocenters. The molecule has 0 unspecified atom stereocenters. The second-order valence-electron chi connectivity index (χ2n) is 4.20. The minimum atomic E-state index is -3.51. The lowest BCUT2D eigenvalue weighted by molar-refractivity contribution is -0.139. The SMILES string of the molecule is CCN(CC)S(=O)(=O)c1ccc(OCC(=O)O)c(C)c1. The first-order chi connectivity index (χ1) is 9.32. The van der Waals surface area contributed by atoms with Crippen molar-refractivity contribution in [2.75, 3.05) is 19.7 Å². The third-order valence-electron chi connectivity index (χ3n) is 2.84. The van der Waals surface area contributed by atoms with Crippen molar-refractivity contribution >= 4 is 16.0 Å². The number of hydrogen-bond donors (Lipinski definition) is 1. The largest absolute Gasteiger partial charge is 0.482 e. The van der Waals surface area contributed by atoms with E-state index in [9.17, 15) is 13.2 Å². The van der Waals surface area contributed by atoms with E-state index in [1.807, 2.05) is 0 Å². The number of hydrogen-bond acceptors (Lipinski definition) is 4. The molecule has 0 fully saturated rings. The van der Waals surface area contributed by atoms with Gasteiger partial charge in [-0.05, 0) is 30.7 Å². The van der Waals surface area contributed by atoms with Crippen LogP contribution < -0.4 is 4.74 Å². The topological polar surface area (TPSA) is 83.9 Å². The average Bonchev–Trinajstić information content (AvgIpc) is 2.38. The Hall–Kier alpha value is -1.60. The number of rotatable bonds is 7. The molecule has 0 amide bonds. The van der Waals surface area contributed by atoms with Crippen LogP contribution in [0.4, 0.5) is 0 Å². The predicted octanol–water partition coefficient (Wildman–Crippen LogP) is 1.49. The van der Waals surface area contributed by atoms with Gasteiger partial charge in [0, 0.05) is 13.1 Å². The van der Waals surface area contributed by atoms with E-state index in [1.165, 1.54) is 22.5 Å². The molecule has 0 spiro atoms. The minimum absolute atomic E-state index is 0.182. The molecule has 0 radical (unpaired) electrons. The molecular weight excluding hydrogens is 282 g/mol. The lowest BCUT2D eigenvalue weighted by atomic mass is 10.2. The summed E-state index contributed by atoms with van der Waals surface area (Å²) >= 11 is 0. The molecule has 0 aliphatic carbocycles. The summed E-state index contributed by atoms with van der Waals surface area (Å²) in [5.74, 6) is -0.713. The van der Waals surface area contributed by atoms with Crippen molar-refractivity contribution in [3.63, 3.8) is 0 Å². The number of aliphatic carboxylic acids is 1. The smallest absolute Gasteiger partial charge is 0.341 e. The summed E-state index contributed by atoms with van der Waals surface area (Å²) in [6, 6.07) is 4.40. The van der Waals surface area contributed by atoms with Crippen molar-refractivity contribution in [1.29, 1.82) is 0 Å². The van der Waals surface area contributed by atoms with Gasteiger partial charge in [0.2, 0.25) is 10.0 Å². The van der Waals surface area contributed by atoms with Gasteiger partial charge in [-0.2, -0.15) is 4.31 Å². The molecule has 1 N–H and O–H groups in total. The van der Waals surface area contributed by atoms with Crippen LogP contribution in [0.15, 0.2) is 23.1 Å². The highest BCUT2D eigenvalue weighted by molar-refractivity contribution is 7.89. The highest BCUT2D eigenvalue weighted by Gasteiger charge is 2.22. The number of ether oxygens (including phenoxy) is 1. The summed E-state index contributed by atoms with van der Waals surface area (Å²) in [6.07, 6.45) is 0. The maximum atomic E-state index is 12.3. The molecule has 0 aromatic heterocycles. The number of nitrogens with zero attached hydrogens (tertiary/aromatic N) is 1. The van der Waals surface area contributed by atoms with Gasteiger partial charge in [-0.15, -0.1) is 0 Å². The highest BCUT2D eigenvalue weighted by Crippen LogP contribution is 2.23. The molecule has 0 heterocycles. The molecule has 1 aromatic carbocycles. The Bertz CT molecular complexity index is 578. The number of carboxylic acids is 1. The second kappa shape index (κ2) is 6.71. The van der Waals surface area contributed by atoms with Crippen molar-refractivity contribution in [3.05, 3.63) is 23.8 Å². The van der Waals surface area contributed by atoms with Crippen molar-refractivity contribution < 1.29 is 23.1 Å². The molecule has 0 aliphatic rings. The molecule has 1 rings (SSSR count). The van der Waals surface area contributed by atoms with Gasteiger partial charge in [0.05, 0.1) is 4.90 Å². The number of benzene rings is 1. The van der Waals surface area contributed by atoms with Gasteiger partial charge in [0.25, 0.3) is 0 Å². The molecule has 0 saturated carbocycles. The lowest BCUT2D eigenvalue weighted by Gasteiger charge is -2.19. The first kappa shape index (κ1) is 16.5. The van der Waals surface area contributed by atoms with Crippen LogP contribution >= 0.6 is 0 Å². The molecule has 0 saturated heterocycles. The zero-order valence-corrected chi connectivity index (χ0v) is 12.6. The zero-order chi connectivity index (χ0) is 15.3. The van der Waals surface area contributed by atoms with E-state index < -0.39 is 22.6 Å². The molecule has 0 bridgehead atoms. The van der Waals surface area contributed by atoms with Crippen molar-refractivity contribution in [2.45, 2.75) is 25.7 Å². The van der Waals surface area contributed by atoms with Gasteiger partial charge in [-0.25, -0.2) is 13.2 Å². The molecule has 7 heteroatoms. The van der Waals surface area contributed by atoms with Gasteiger partial charge in [0.1, 0.15) is 5.75 Å². The van der Waals surface area contributed by atoms with E-state index in [4.69, 9.17) is 9.84 Å². The van der Waals surface area contributed by atoms with Gasteiger partial charge >= 0.3 is 5.97 Å². The van der Waals surface area contributed by atoms with Crippen LogP contribution in [-0.2, 0) is 14.8 Å². The third-order valence-corrected chi connectivity index (χ3v) is 4.89. The summed E-state index contributed by atoms with van der Waals surface area (Å²) in [5, 5.41) is 8.56. The van der Waals surface area contributed by atoms with E-state index in [0.717, 1.165) is 0 Å². The van der Waals surface area contributed by atoms with Crippen molar-refractivity contribution in [3.8, 4) is 5.75 Å². The lowest BCUT2D eigenvalue weighted by Crippen LogP contribution is -2.30. The Morgan fingerprint density at radius 1 is 1.30 bits per heavy atom. The Morgan fingerprint density at radius 2 is 1.90 bits per heavy atom. The van der Waals surface area contributed by atoms with Gasteiger partial charge < -0.3 is 9.84 Å². The Balaban J connectivity index is 3.05. The van der Waals surface area contributed by atoms with Crippen LogP contribution in [0, 0.1) is 6.92 Å². The Labute approximate surface area is 119 Å². The fourth-order valence-corrected chi connectivity index (χ4v) is 3.34. The van der Waals surface area contributed by atoms with Crippen LogP contribution in [0.5, 0.6) is 5.75 Å². The van der Waals surface area contributed by atoms with E-state index in [2.05, 4.69) is 0 Å². The molecule has 112 valence electrons. The maximum absolute atomic E-state index is 12.3. The summed E-state index contributed by atoms with van der Waals surface area (Å²) in [6.45, 7) is 5.57. The van der Waals surface area contributed by atoms with Crippen LogP contribution in [0.1, 0.15) is 19.4 Å². The standard InChI is InChI=1S/C13H19NO5S/c1-4-14(5-2)20(17,18)11-6-7-12(10(3)8-11)19-9-13(15)16/h6-8H,4-5,9H2,1-3H3,(H,15,16). The number of carbonyl (C=O) groups is 1. The first-order valence-corrected chi connectivity index (χ1v) is 7.72. The van der Waals surface area contributed by atoms with Gasteiger partial charge in [-0.3, -0.25) is 0 Å². The predicted molar refractivity (Wildman–Crippen MR) is 74.4 cm³/mol. The van der Waals surface area contributed by atoms with Crippen LogP contribution in [-0.4, -0.2) is 43.5 Å². The minimum Gasteiger partial charge on any atom is -0.482 e. The van der Waals surface area contributed by atoms with E-state index >= 15 is 0 Å². The summed E-state index contributed by atoms with van der Waals surface area (Å²) in [5.41, 5.74) is 0.583. The van der Waals surface area contributed by atoms with Crippen molar-refractivity contribution in [1.82, 2.24) is 4.31 Å². The molecular formula is C13H19NO5S. The fourth-order valence-electron chi connectivity index (χ4n) is 1.80. The van der Waals surface area contributed by atoms with Gasteiger partial charge in [0.15, 0.2) is 6.61 Å². The van der Waals surface area contributed by atoms with Crippen LogP contribution in [0.25, 0.3) is 0 Å². The fraction of sp³-hybridized carbons (Fsp3) is 0.462. The molecule has 20 heavy (non-hydrogen) atoms. The second-order valence-corrected chi connectivity index (χ2v) is 6.14. The van der Waals surface area contributed by atoms with E-state index in [-0.39, 0.29) is 4.90 Å². The average molecular weight is 301 g/mol. The number of sulfonamides is 1. The normalized spacial score (nSPS) is 11.6. The van der Waals surface area contributed by atoms with E-state index in [1.54, 1.807) is 20.8 Å². The summed E-state index contributed by atoms with van der Waals surface area (Å²) in [7, 11) is -3.51. The third kappa shape index (κ3) is 3.71. The Morgan fingerprint density at radius 3 is 2.35 bits per heavy atom. The highest BCUT2D eigenvalue weighted by atomic mass is 32.2.